The molecule has 0 bridgehead atoms. The average molecular weight is 318 g/mol. The number of carbonyl (C=O) groups excluding carboxylic acids is 2. The first kappa shape index (κ1) is 15.4. The molecule has 5 heteroatoms. The SMILES string of the molecule is CN(C(=O)CN1C(=O)CSc2ccccc21)C1CCCCC1. The number of nitrogens with zero attached hydrogens (tertiary/aromatic N) is 2. The van der Waals surface area contributed by atoms with Gasteiger partial charge in [0.2, 0.25) is 11.8 Å². The Morgan fingerprint density at radius 2 is 2.00 bits per heavy atom. The maximum Gasteiger partial charge on any atom is 0.242 e. The van der Waals surface area contributed by atoms with Crippen LogP contribution in [0.25, 0.3) is 0 Å². The van der Waals surface area contributed by atoms with Gasteiger partial charge in [-0.05, 0) is 25.0 Å². The van der Waals surface area contributed by atoms with E-state index in [1.165, 1.54) is 19.3 Å². The monoisotopic (exact) mass is 318 g/mol. The Hall–Kier alpha value is -1.49. The third-order valence-corrected chi connectivity index (χ3v) is 5.66. The second-order valence-corrected chi connectivity index (χ2v) is 7.05. The van der Waals surface area contributed by atoms with Gasteiger partial charge in [0.05, 0.1) is 11.4 Å². The van der Waals surface area contributed by atoms with Crippen molar-refractivity contribution in [1.82, 2.24) is 4.90 Å². The quantitative estimate of drug-likeness (QED) is 0.860. The molecule has 1 aromatic carbocycles. The molecular weight excluding hydrogens is 296 g/mol. The van der Waals surface area contributed by atoms with Gasteiger partial charge in [-0.15, -0.1) is 11.8 Å². The van der Waals surface area contributed by atoms with Crippen molar-refractivity contribution >= 4 is 29.3 Å². The first-order valence-electron chi connectivity index (χ1n) is 7.94. The topological polar surface area (TPSA) is 40.6 Å². The van der Waals surface area contributed by atoms with E-state index in [-0.39, 0.29) is 18.4 Å². The van der Waals surface area contributed by atoms with Crippen LogP contribution in [0.2, 0.25) is 0 Å². The molecule has 1 heterocycles. The van der Waals surface area contributed by atoms with Crippen molar-refractivity contribution in [2.75, 3.05) is 24.2 Å². The van der Waals surface area contributed by atoms with E-state index in [0.29, 0.717) is 11.8 Å². The highest BCUT2D eigenvalue weighted by Gasteiger charge is 2.29. The van der Waals surface area contributed by atoms with Crippen molar-refractivity contribution in [1.29, 1.82) is 0 Å². The van der Waals surface area contributed by atoms with E-state index in [0.717, 1.165) is 23.4 Å². The van der Waals surface area contributed by atoms with Crippen molar-refractivity contribution in [2.45, 2.75) is 43.0 Å². The molecule has 0 unspecified atom stereocenters. The van der Waals surface area contributed by atoms with Gasteiger partial charge in [-0.3, -0.25) is 9.59 Å². The zero-order valence-electron chi connectivity index (χ0n) is 13.0. The minimum atomic E-state index is 0.0223. The van der Waals surface area contributed by atoms with Crippen LogP contribution in [0.15, 0.2) is 29.2 Å². The molecule has 0 aromatic heterocycles. The molecule has 1 aliphatic heterocycles. The summed E-state index contributed by atoms with van der Waals surface area (Å²) in [4.78, 5) is 29.4. The van der Waals surface area contributed by atoms with Crippen LogP contribution in [0, 0.1) is 0 Å². The highest BCUT2D eigenvalue weighted by atomic mass is 32.2. The molecule has 1 aliphatic carbocycles. The van der Waals surface area contributed by atoms with Gasteiger partial charge in [0.25, 0.3) is 0 Å². The van der Waals surface area contributed by atoms with E-state index in [2.05, 4.69) is 0 Å². The van der Waals surface area contributed by atoms with E-state index in [9.17, 15) is 9.59 Å². The fourth-order valence-electron chi connectivity index (χ4n) is 3.25. The summed E-state index contributed by atoms with van der Waals surface area (Å²) in [6.45, 7) is 0.156. The van der Waals surface area contributed by atoms with E-state index in [4.69, 9.17) is 0 Å². The van der Waals surface area contributed by atoms with Crippen LogP contribution in [0.1, 0.15) is 32.1 Å². The summed E-state index contributed by atoms with van der Waals surface area (Å²) in [6, 6.07) is 8.16. The number of carbonyl (C=O) groups is 2. The molecule has 0 N–H and O–H groups in total. The maximum absolute atomic E-state index is 12.6. The van der Waals surface area contributed by atoms with E-state index in [1.54, 1.807) is 16.7 Å². The van der Waals surface area contributed by atoms with E-state index in [1.807, 2.05) is 36.2 Å². The summed E-state index contributed by atoms with van der Waals surface area (Å²) in [5.74, 6) is 0.480. The Morgan fingerprint density at radius 3 is 2.77 bits per heavy atom. The molecule has 0 atom stereocenters. The number of fused-ring (bicyclic) bond motifs is 1. The highest BCUT2D eigenvalue weighted by Crippen LogP contribution is 2.34. The van der Waals surface area contributed by atoms with Gasteiger partial charge in [0, 0.05) is 18.0 Å². The number of anilines is 1. The van der Waals surface area contributed by atoms with Gasteiger partial charge in [-0.1, -0.05) is 31.4 Å². The van der Waals surface area contributed by atoms with Gasteiger partial charge >= 0.3 is 0 Å². The molecule has 1 aromatic rings. The van der Waals surface area contributed by atoms with Crippen LogP contribution >= 0.6 is 11.8 Å². The number of rotatable bonds is 3. The van der Waals surface area contributed by atoms with Crippen molar-refractivity contribution in [3.63, 3.8) is 0 Å². The van der Waals surface area contributed by atoms with Crippen LogP contribution in [0.3, 0.4) is 0 Å². The van der Waals surface area contributed by atoms with Gasteiger partial charge in [-0.25, -0.2) is 0 Å². The first-order valence-corrected chi connectivity index (χ1v) is 8.93. The summed E-state index contributed by atoms with van der Waals surface area (Å²) in [7, 11) is 1.88. The zero-order valence-corrected chi connectivity index (χ0v) is 13.8. The lowest BCUT2D eigenvalue weighted by atomic mass is 9.94. The number of amides is 2. The summed E-state index contributed by atoms with van der Waals surface area (Å²) < 4.78 is 0. The molecule has 0 spiro atoms. The molecule has 22 heavy (non-hydrogen) atoms. The van der Waals surface area contributed by atoms with Crippen LogP contribution in [-0.2, 0) is 9.59 Å². The molecule has 2 amide bonds. The minimum Gasteiger partial charge on any atom is -0.341 e. The third kappa shape index (κ3) is 3.14. The molecule has 3 rings (SSSR count). The van der Waals surface area contributed by atoms with Crippen LogP contribution in [-0.4, -0.2) is 42.1 Å². The summed E-state index contributed by atoms with van der Waals surface area (Å²) in [6.07, 6.45) is 5.84. The molecule has 2 aliphatic rings. The summed E-state index contributed by atoms with van der Waals surface area (Å²) >= 11 is 1.55. The largest absolute Gasteiger partial charge is 0.341 e. The second-order valence-electron chi connectivity index (χ2n) is 6.03. The number of thioether (sulfide) groups is 1. The van der Waals surface area contributed by atoms with Gasteiger partial charge in [0.1, 0.15) is 6.54 Å². The number of para-hydroxylation sites is 1. The number of hydrogen-bond acceptors (Lipinski definition) is 3. The number of benzene rings is 1. The molecule has 1 fully saturated rings. The molecule has 118 valence electrons. The lowest BCUT2D eigenvalue weighted by molar-refractivity contribution is -0.132. The lowest BCUT2D eigenvalue weighted by Crippen LogP contribution is -2.47. The highest BCUT2D eigenvalue weighted by molar-refractivity contribution is 8.00. The fraction of sp³-hybridized carbons (Fsp3) is 0.529. The molecule has 0 radical (unpaired) electrons. The van der Waals surface area contributed by atoms with Gasteiger partial charge in [0.15, 0.2) is 0 Å². The fourth-order valence-corrected chi connectivity index (χ4v) is 4.18. The van der Waals surface area contributed by atoms with Crippen molar-refractivity contribution in [3.05, 3.63) is 24.3 Å². The zero-order chi connectivity index (χ0) is 15.5. The van der Waals surface area contributed by atoms with Crippen molar-refractivity contribution < 1.29 is 9.59 Å². The van der Waals surface area contributed by atoms with Crippen LogP contribution in [0.4, 0.5) is 5.69 Å². The Kier molecular flexibility index (Phi) is 4.71. The molecule has 1 saturated carbocycles. The number of likely N-dealkylation sites (N-methyl/N-ethyl adjacent to an activating group) is 1. The molecular formula is C17H22N2O2S. The third-order valence-electron chi connectivity index (χ3n) is 4.62. The molecule has 0 saturated heterocycles. The Balaban J connectivity index is 1.71. The summed E-state index contributed by atoms with van der Waals surface area (Å²) in [5.41, 5.74) is 0.870. The Bertz CT molecular complexity index is 570. The summed E-state index contributed by atoms with van der Waals surface area (Å²) in [5, 5.41) is 0. The Morgan fingerprint density at radius 1 is 1.27 bits per heavy atom. The maximum atomic E-state index is 12.6. The standard InChI is InChI=1S/C17H22N2O2S/c1-18(13-7-3-2-4-8-13)16(20)11-19-14-9-5-6-10-15(14)22-12-17(19)21/h5-6,9-10,13H,2-4,7-8,11-12H2,1H3. The average Bonchev–Trinajstić information content (AvgIpc) is 2.57. The Labute approximate surface area is 135 Å². The van der Waals surface area contributed by atoms with Crippen LogP contribution in [0.5, 0.6) is 0 Å². The minimum absolute atomic E-state index is 0.0223. The van der Waals surface area contributed by atoms with Gasteiger partial charge < -0.3 is 9.80 Å². The van der Waals surface area contributed by atoms with Gasteiger partial charge in [-0.2, -0.15) is 0 Å². The lowest BCUT2D eigenvalue weighted by Gasteiger charge is -2.34. The predicted molar refractivity (Wildman–Crippen MR) is 89.2 cm³/mol. The van der Waals surface area contributed by atoms with E-state index >= 15 is 0 Å². The van der Waals surface area contributed by atoms with Crippen LogP contribution < -0.4 is 4.90 Å². The van der Waals surface area contributed by atoms with Crippen molar-refractivity contribution in [2.24, 2.45) is 0 Å². The second kappa shape index (κ2) is 6.73. The first-order chi connectivity index (χ1) is 10.7. The smallest absolute Gasteiger partial charge is 0.242 e. The van der Waals surface area contributed by atoms with E-state index < -0.39 is 0 Å². The van der Waals surface area contributed by atoms with Crippen molar-refractivity contribution in [3.8, 4) is 0 Å². The number of hydrogen-bond donors (Lipinski definition) is 0. The predicted octanol–water partition coefficient (Wildman–Crippen LogP) is 2.92. The normalized spacial score (nSPS) is 19.0. The molecule has 4 nitrogen and oxygen atoms in total.